The zero-order valence-corrected chi connectivity index (χ0v) is 16.9. The summed E-state index contributed by atoms with van der Waals surface area (Å²) in [6.07, 6.45) is 2.29. The van der Waals surface area contributed by atoms with Gasteiger partial charge in [-0.2, -0.15) is 17.2 Å². The van der Waals surface area contributed by atoms with Gasteiger partial charge >= 0.3 is 27.3 Å². The Balaban J connectivity index is 2.12. The summed E-state index contributed by atoms with van der Waals surface area (Å²) in [7, 11) is -5.68. The van der Waals surface area contributed by atoms with Crippen molar-refractivity contribution in [1.82, 2.24) is 0 Å². The van der Waals surface area contributed by atoms with Gasteiger partial charge in [0.15, 0.2) is 6.61 Å². The van der Waals surface area contributed by atoms with Crippen molar-refractivity contribution in [3.63, 3.8) is 0 Å². The lowest BCUT2D eigenvalue weighted by molar-refractivity contribution is -0.173. The maximum Gasteiger partial charge on any atom is 0.402 e. The Morgan fingerprint density at radius 2 is 1.89 bits per heavy atom. The molecule has 2 rings (SSSR count). The number of esters is 2. The van der Waals surface area contributed by atoms with Crippen molar-refractivity contribution in [2.24, 2.45) is 23.7 Å². The van der Waals surface area contributed by atoms with Gasteiger partial charge in [0.2, 0.25) is 0 Å². The molecule has 0 saturated heterocycles. The molecule has 2 fully saturated rings. The quantitative estimate of drug-likeness (QED) is 0.397. The highest BCUT2D eigenvalue weighted by molar-refractivity contribution is 7.86. The maximum atomic E-state index is 13.4. The minimum Gasteiger partial charge on any atom is -0.458 e. The molecule has 160 valence electrons. The summed E-state index contributed by atoms with van der Waals surface area (Å²) in [5, 5.41) is -4.57. The van der Waals surface area contributed by atoms with E-state index in [1.54, 1.807) is 6.92 Å². The molecule has 2 aliphatic carbocycles. The Kier molecular flexibility index (Phi) is 6.25. The van der Waals surface area contributed by atoms with E-state index >= 15 is 0 Å². The van der Waals surface area contributed by atoms with Crippen molar-refractivity contribution >= 4 is 22.1 Å². The summed E-state index contributed by atoms with van der Waals surface area (Å²) in [6.45, 7) is 6.94. The monoisotopic (exact) mass is 424 g/mol. The van der Waals surface area contributed by atoms with E-state index in [0.717, 1.165) is 0 Å². The van der Waals surface area contributed by atoms with Crippen LogP contribution in [0.2, 0.25) is 0 Å². The van der Waals surface area contributed by atoms with Gasteiger partial charge in [-0.25, -0.2) is 4.79 Å². The van der Waals surface area contributed by atoms with Crippen LogP contribution in [-0.4, -0.2) is 42.4 Å². The van der Waals surface area contributed by atoms with Crippen molar-refractivity contribution in [3.05, 3.63) is 12.2 Å². The van der Waals surface area contributed by atoms with Crippen molar-refractivity contribution in [2.45, 2.75) is 57.3 Å². The molecule has 0 amide bonds. The second-order valence-electron chi connectivity index (χ2n) is 8.35. The molecule has 5 atom stereocenters. The number of rotatable bonds is 6. The predicted octanol–water partition coefficient (Wildman–Crippen LogP) is 2.96. The lowest BCUT2D eigenvalue weighted by atomic mass is 9.59. The van der Waals surface area contributed by atoms with E-state index in [0.29, 0.717) is 25.7 Å². The van der Waals surface area contributed by atoms with E-state index in [9.17, 15) is 26.8 Å². The van der Waals surface area contributed by atoms with E-state index in [1.165, 1.54) is 6.92 Å². The zero-order chi connectivity index (χ0) is 21.5. The zero-order valence-electron chi connectivity index (χ0n) is 16.1. The Hall–Kier alpha value is -1.55. The molecule has 28 heavy (non-hydrogen) atoms. The molecule has 2 saturated carbocycles. The van der Waals surface area contributed by atoms with Crippen LogP contribution in [0, 0.1) is 23.7 Å². The number of fused-ring (bicyclic) bond motifs is 2. The number of hydrogen-bond acceptors (Lipinski definition) is 6. The largest absolute Gasteiger partial charge is 0.458 e. The predicted molar refractivity (Wildman–Crippen MR) is 94.9 cm³/mol. The fraction of sp³-hybridized carbons (Fsp3) is 0.778. The van der Waals surface area contributed by atoms with Gasteiger partial charge in [0.25, 0.3) is 0 Å². The molecule has 1 N–H and O–H groups in total. The Bertz CT molecular complexity index is 762. The van der Waals surface area contributed by atoms with Gasteiger partial charge in [-0.3, -0.25) is 9.35 Å². The number of carbonyl (C=O) groups is 2. The van der Waals surface area contributed by atoms with Crippen LogP contribution < -0.4 is 0 Å². The molecule has 5 unspecified atom stereocenters. The number of ether oxygens (including phenoxy) is 2. The highest BCUT2D eigenvalue weighted by Gasteiger charge is 2.51. The highest BCUT2D eigenvalue weighted by atomic mass is 32.2. The molecule has 2 aliphatic rings. The third-order valence-corrected chi connectivity index (χ3v) is 6.47. The second-order valence-corrected chi connectivity index (χ2v) is 9.90. The Labute approximate surface area is 163 Å². The van der Waals surface area contributed by atoms with Gasteiger partial charge in [0.1, 0.15) is 5.60 Å². The van der Waals surface area contributed by atoms with Crippen LogP contribution in [0.4, 0.5) is 8.78 Å². The Morgan fingerprint density at radius 1 is 1.29 bits per heavy atom. The molecule has 0 aromatic heterocycles. The summed E-state index contributed by atoms with van der Waals surface area (Å²) in [6, 6.07) is 0. The number of halogens is 2. The number of alkyl halides is 2. The molecule has 7 nitrogen and oxygen atoms in total. The van der Waals surface area contributed by atoms with Crippen LogP contribution in [0.15, 0.2) is 12.2 Å². The summed E-state index contributed by atoms with van der Waals surface area (Å²) in [4.78, 5) is 24.4. The summed E-state index contributed by atoms with van der Waals surface area (Å²) < 4.78 is 66.8. The molecule has 0 aliphatic heterocycles. The first-order chi connectivity index (χ1) is 12.7. The average Bonchev–Trinajstić information content (AvgIpc) is 2.50. The maximum absolute atomic E-state index is 13.4. The molecule has 0 heterocycles. The van der Waals surface area contributed by atoms with Crippen LogP contribution >= 0.6 is 0 Å². The van der Waals surface area contributed by atoms with E-state index in [1.807, 2.05) is 6.92 Å². The van der Waals surface area contributed by atoms with Crippen molar-refractivity contribution in [1.29, 1.82) is 0 Å². The van der Waals surface area contributed by atoms with Crippen LogP contribution in [0.25, 0.3) is 0 Å². The van der Waals surface area contributed by atoms with Crippen molar-refractivity contribution < 1.29 is 40.8 Å². The van der Waals surface area contributed by atoms with Crippen LogP contribution in [0.1, 0.15) is 46.5 Å². The molecular formula is C18H26F2O7S. The lowest BCUT2D eigenvalue weighted by Gasteiger charge is -2.49. The molecule has 0 aromatic carbocycles. The van der Waals surface area contributed by atoms with Gasteiger partial charge in [-0.05, 0) is 57.3 Å². The fourth-order valence-corrected chi connectivity index (χ4v) is 4.79. The minimum absolute atomic E-state index is 0.156. The first kappa shape index (κ1) is 22.7. The molecule has 0 aromatic rings. The van der Waals surface area contributed by atoms with Gasteiger partial charge in [-0.15, -0.1) is 0 Å². The van der Waals surface area contributed by atoms with E-state index < -0.39 is 45.4 Å². The van der Waals surface area contributed by atoms with Gasteiger partial charge in [-0.1, -0.05) is 13.5 Å². The number of hydrogen-bond donors (Lipinski definition) is 1. The normalized spacial score (nSPS) is 33.1. The van der Waals surface area contributed by atoms with Crippen molar-refractivity contribution in [2.75, 3.05) is 6.61 Å². The summed E-state index contributed by atoms with van der Waals surface area (Å²) in [5.41, 5.74) is -0.547. The lowest BCUT2D eigenvalue weighted by Crippen LogP contribution is -2.49. The third-order valence-electron chi connectivity index (χ3n) is 5.60. The molecule has 0 radical (unpaired) electrons. The van der Waals surface area contributed by atoms with Gasteiger partial charge in [0.05, 0.1) is 5.92 Å². The molecule has 10 heteroatoms. The van der Waals surface area contributed by atoms with Crippen LogP contribution in [-0.2, 0) is 29.2 Å². The fourth-order valence-electron chi connectivity index (χ4n) is 4.58. The summed E-state index contributed by atoms with van der Waals surface area (Å²) in [5.74, 6) is -2.39. The SMILES string of the molecule is C=C(C)C(=O)OC1(C)CC2CC(C)C(C(=O)OCC(F)(F)S(=O)(=O)O)C(C2)C1. The first-order valence-corrected chi connectivity index (χ1v) is 10.5. The number of carbonyl (C=O) groups excluding carboxylic acids is 2. The average molecular weight is 424 g/mol. The summed E-state index contributed by atoms with van der Waals surface area (Å²) >= 11 is 0. The topological polar surface area (TPSA) is 107 Å². The molecular weight excluding hydrogens is 398 g/mol. The Morgan fingerprint density at radius 3 is 2.43 bits per heavy atom. The second kappa shape index (κ2) is 7.70. The highest BCUT2D eigenvalue weighted by Crippen LogP contribution is 2.51. The van der Waals surface area contributed by atoms with Crippen molar-refractivity contribution in [3.8, 4) is 0 Å². The van der Waals surface area contributed by atoms with E-state index in [-0.39, 0.29) is 23.3 Å². The first-order valence-electron chi connectivity index (χ1n) is 9.05. The molecule has 2 bridgehead atoms. The van der Waals surface area contributed by atoms with Gasteiger partial charge < -0.3 is 9.47 Å². The smallest absolute Gasteiger partial charge is 0.402 e. The van der Waals surface area contributed by atoms with Crippen LogP contribution in [0.5, 0.6) is 0 Å². The van der Waals surface area contributed by atoms with E-state index in [2.05, 4.69) is 11.3 Å². The third kappa shape index (κ3) is 4.89. The van der Waals surface area contributed by atoms with Crippen LogP contribution in [0.3, 0.4) is 0 Å². The standard InChI is InChI=1S/C18H26F2O7S/c1-10(2)15(21)27-17(4)7-12-5-11(3)14(13(6-12)8-17)16(22)26-9-18(19,20)28(23,24)25/h11-14H,1,5-9H2,2-4H3,(H,23,24,25). The van der Waals surface area contributed by atoms with E-state index in [4.69, 9.17) is 9.29 Å². The molecule has 0 spiro atoms. The minimum atomic E-state index is -5.68. The van der Waals surface area contributed by atoms with Gasteiger partial charge in [0, 0.05) is 5.57 Å².